The van der Waals surface area contributed by atoms with Gasteiger partial charge in [0.15, 0.2) is 11.5 Å². The average molecular weight is 448 g/mol. The molecule has 0 saturated carbocycles. The molecule has 10 heteroatoms. The maximum absolute atomic E-state index is 13.1. The number of nitrogens with one attached hydrogen (secondary N) is 1. The number of rotatable bonds is 6. The van der Waals surface area contributed by atoms with Crippen LogP contribution in [0.2, 0.25) is 0 Å². The second-order valence-corrected chi connectivity index (χ2v) is 9.00. The molecule has 2 aromatic carbocycles. The van der Waals surface area contributed by atoms with E-state index in [0.717, 1.165) is 0 Å². The smallest absolute Gasteiger partial charge is 0.251 e. The Morgan fingerprint density at radius 3 is 2.65 bits per heavy atom. The zero-order chi connectivity index (χ0) is 21.8. The molecule has 0 radical (unpaired) electrons. The summed E-state index contributed by atoms with van der Waals surface area (Å²) < 4.78 is 49.5. The van der Waals surface area contributed by atoms with Crippen molar-refractivity contribution in [3.05, 3.63) is 48.0 Å². The summed E-state index contributed by atoms with van der Waals surface area (Å²) in [4.78, 5) is 12.7. The van der Waals surface area contributed by atoms with E-state index in [2.05, 4.69) is 5.32 Å². The Balaban J connectivity index is 1.47. The van der Waals surface area contributed by atoms with Crippen LogP contribution in [-0.4, -0.2) is 71.3 Å². The molecule has 0 aromatic heterocycles. The number of hydrogen-bond acceptors (Lipinski definition) is 7. The molecule has 2 aliphatic rings. The summed E-state index contributed by atoms with van der Waals surface area (Å²) in [5, 5.41) is 2.78. The van der Waals surface area contributed by atoms with E-state index in [1.165, 1.54) is 29.6 Å². The minimum absolute atomic E-state index is 0.0456. The molecule has 0 unspecified atom stereocenters. The monoisotopic (exact) mass is 448 g/mol. The number of amides is 1. The van der Waals surface area contributed by atoms with Crippen LogP contribution in [0.1, 0.15) is 10.4 Å². The molecule has 0 spiro atoms. The zero-order valence-corrected chi connectivity index (χ0v) is 17.9. The normalized spacial score (nSPS) is 18.9. The third-order valence-electron chi connectivity index (χ3n) is 5.07. The van der Waals surface area contributed by atoms with Crippen LogP contribution in [0, 0.1) is 0 Å². The fourth-order valence-corrected chi connectivity index (χ4v) is 5.01. The number of methoxy groups -OCH3 is 1. The van der Waals surface area contributed by atoms with E-state index in [0.29, 0.717) is 31.3 Å². The van der Waals surface area contributed by atoms with E-state index in [4.69, 9.17) is 18.9 Å². The van der Waals surface area contributed by atoms with Crippen molar-refractivity contribution in [2.24, 2.45) is 0 Å². The molecule has 9 nitrogen and oxygen atoms in total. The number of para-hydroxylation sites is 2. The molecule has 1 amide bonds. The van der Waals surface area contributed by atoms with Crippen LogP contribution in [0.3, 0.4) is 0 Å². The van der Waals surface area contributed by atoms with E-state index in [1.807, 2.05) is 18.2 Å². The fourth-order valence-electron chi connectivity index (χ4n) is 3.42. The van der Waals surface area contributed by atoms with Gasteiger partial charge in [-0.25, -0.2) is 8.42 Å². The number of hydrogen-bond donors (Lipinski definition) is 1. The standard InChI is InChI=1S/C21H24N2O7S/c1-27-19-7-6-15(12-20(19)31(25,26)23-8-10-28-11-9-23)21(24)22-13-16-14-29-17-4-2-3-5-18(17)30-16/h2-7,12,16H,8-11,13-14H2,1H3,(H,22,24)/t16-/m1/s1. The van der Waals surface area contributed by atoms with Gasteiger partial charge in [0.25, 0.3) is 5.91 Å². The Morgan fingerprint density at radius 1 is 1.16 bits per heavy atom. The number of carbonyl (C=O) groups excluding carboxylic acids is 1. The first kappa shape index (κ1) is 21.4. The molecular formula is C21H24N2O7S. The maximum atomic E-state index is 13.1. The van der Waals surface area contributed by atoms with Gasteiger partial charge in [0, 0.05) is 18.7 Å². The molecule has 2 aliphatic heterocycles. The molecule has 1 atom stereocenters. The van der Waals surface area contributed by atoms with Crippen molar-refractivity contribution in [3.8, 4) is 17.2 Å². The van der Waals surface area contributed by atoms with Crippen LogP contribution in [0.4, 0.5) is 0 Å². The van der Waals surface area contributed by atoms with Crippen molar-refractivity contribution in [2.45, 2.75) is 11.0 Å². The van der Waals surface area contributed by atoms with E-state index in [9.17, 15) is 13.2 Å². The summed E-state index contributed by atoms with van der Waals surface area (Å²) in [6.45, 7) is 1.68. The van der Waals surface area contributed by atoms with Gasteiger partial charge in [0.05, 0.1) is 26.9 Å². The number of morpholine rings is 1. The van der Waals surface area contributed by atoms with Gasteiger partial charge in [0.2, 0.25) is 10.0 Å². The molecule has 4 rings (SSSR count). The molecule has 1 fully saturated rings. The second-order valence-electron chi connectivity index (χ2n) is 7.09. The van der Waals surface area contributed by atoms with Crippen molar-refractivity contribution in [1.82, 2.24) is 9.62 Å². The van der Waals surface area contributed by atoms with Crippen LogP contribution < -0.4 is 19.5 Å². The van der Waals surface area contributed by atoms with Crippen molar-refractivity contribution >= 4 is 15.9 Å². The maximum Gasteiger partial charge on any atom is 0.251 e. The van der Waals surface area contributed by atoms with Gasteiger partial charge < -0.3 is 24.3 Å². The number of nitrogens with zero attached hydrogens (tertiary/aromatic N) is 1. The van der Waals surface area contributed by atoms with Gasteiger partial charge in [-0.05, 0) is 30.3 Å². The third kappa shape index (κ3) is 4.60. The van der Waals surface area contributed by atoms with Gasteiger partial charge in [0.1, 0.15) is 23.4 Å². The number of benzene rings is 2. The van der Waals surface area contributed by atoms with Gasteiger partial charge in [-0.2, -0.15) is 4.31 Å². The van der Waals surface area contributed by atoms with E-state index in [-0.39, 0.29) is 41.9 Å². The third-order valence-corrected chi connectivity index (χ3v) is 6.99. The molecular weight excluding hydrogens is 424 g/mol. The Hall–Kier alpha value is -2.82. The van der Waals surface area contributed by atoms with E-state index >= 15 is 0 Å². The lowest BCUT2D eigenvalue weighted by atomic mass is 10.2. The molecule has 31 heavy (non-hydrogen) atoms. The number of carbonyl (C=O) groups is 1. The largest absolute Gasteiger partial charge is 0.495 e. The minimum atomic E-state index is -3.83. The first-order chi connectivity index (χ1) is 15.0. The van der Waals surface area contributed by atoms with E-state index < -0.39 is 15.9 Å². The zero-order valence-electron chi connectivity index (χ0n) is 17.1. The molecule has 2 aromatic rings. The molecule has 166 valence electrons. The van der Waals surface area contributed by atoms with Crippen molar-refractivity contribution in [3.63, 3.8) is 0 Å². The fraction of sp³-hybridized carbons (Fsp3) is 0.381. The number of sulfonamides is 1. The van der Waals surface area contributed by atoms with Crippen LogP contribution >= 0.6 is 0 Å². The Labute approximate surface area is 180 Å². The summed E-state index contributed by atoms with van der Waals surface area (Å²) in [5.74, 6) is 1.06. The Morgan fingerprint density at radius 2 is 1.90 bits per heavy atom. The summed E-state index contributed by atoms with van der Waals surface area (Å²) in [6, 6.07) is 11.7. The first-order valence-electron chi connectivity index (χ1n) is 9.91. The van der Waals surface area contributed by atoms with Gasteiger partial charge >= 0.3 is 0 Å². The topological polar surface area (TPSA) is 103 Å². The highest BCUT2D eigenvalue weighted by Crippen LogP contribution is 2.31. The van der Waals surface area contributed by atoms with Crippen molar-refractivity contribution in [1.29, 1.82) is 0 Å². The lowest BCUT2D eigenvalue weighted by molar-refractivity contribution is 0.0729. The minimum Gasteiger partial charge on any atom is -0.495 e. The quantitative estimate of drug-likeness (QED) is 0.710. The Bertz CT molecular complexity index is 1050. The van der Waals surface area contributed by atoms with Gasteiger partial charge in [-0.3, -0.25) is 4.79 Å². The highest BCUT2D eigenvalue weighted by atomic mass is 32.2. The predicted octanol–water partition coefficient (Wildman–Crippen LogP) is 1.29. The Kier molecular flexibility index (Phi) is 6.30. The van der Waals surface area contributed by atoms with Crippen LogP contribution in [0.5, 0.6) is 17.2 Å². The molecule has 1 saturated heterocycles. The highest BCUT2D eigenvalue weighted by Gasteiger charge is 2.30. The number of fused-ring (bicyclic) bond motifs is 1. The van der Waals surface area contributed by atoms with Crippen molar-refractivity contribution in [2.75, 3.05) is 46.6 Å². The summed E-state index contributed by atoms with van der Waals surface area (Å²) in [6.07, 6.45) is -0.353. The molecule has 0 bridgehead atoms. The predicted molar refractivity (Wildman–Crippen MR) is 111 cm³/mol. The van der Waals surface area contributed by atoms with Crippen LogP contribution in [0.15, 0.2) is 47.4 Å². The highest BCUT2D eigenvalue weighted by molar-refractivity contribution is 7.89. The van der Waals surface area contributed by atoms with Crippen molar-refractivity contribution < 1.29 is 32.2 Å². The van der Waals surface area contributed by atoms with Crippen LogP contribution in [0.25, 0.3) is 0 Å². The van der Waals surface area contributed by atoms with Crippen LogP contribution in [-0.2, 0) is 14.8 Å². The number of ether oxygens (including phenoxy) is 4. The van der Waals surface area contributed by atoms with Gasteiger partial charge in [-0.15, -0.1) is 0 Å². The van der Waals surface area contributed by atoms with E-state index in [1.54, 1.807) is 6.07 Å². The first-order valence-corrected chi connectivity index (χ1v) is 11.4. The summed E-state index contributed by atoms with van der Waals surface area (Å²) >= 11 is 0. The summed E-state index contributed by atoms with van der Waals surface area (Å²) in [5.41, 5.74) is 0.213. The molecule has 0 aliphatic carbocycles. The average Bonchev–Trinajstić information content (AvgIpc) is 2.82. The lowest BCUT2D eigenvalue weighted by Gasteiger charge is -2.27. The second kappa shape index (κ2) is 9.13. The molecule has 1 N–H and O–H groups in total. The summed E-state index contributed by atoms with van der Waals surface area (Å²) in [7, 11) is -2.43. The van der Waals surface area contributed by atoms with Gasteiger partial charge in [-0.1, -0.05) is 12.1 Å². The lowest BCUT2D eigenvalue weighted by Crippen LogP contribution is -2.41. The molecule has 2 heterocycles. The SMILES string of the molecule is COc1ccc(C(=O)NC[C@@H]2COc3ccccc3O2)cc1S(=O)(=O)N1CCOCC1.